The minimum absolute atomic E-state index is 0.0249. The lowest BCUT2D eigenvalue weighted by Gasteiger charge is -2.34. The number of piperidine rings is 1. The van der Waals surface area contributed by atoms with E-state index in [-0.39, 0.29) is 24.2 Å². The van der Waals surface area contributed by atoms with Crippen LogP contribution in [0, 0.1) is 12.8 Å². The van der Waals surface area contributed by atoms with Gasteiger partial charge in [0.05, 0.1) is 29.7 Å². The Balaban J connectivity index is 1.41. The number of aliphatic hydroxyl groups is 2. The van der Waals surface area contributed by atoms with Crippen LogP contribution in [0.5, 0.6) is 5.75 Å². The Morgan fingerprint density at radius 2 is 2.03 bits per heavy atom. The molecule has 176 valence electrons. The molecule has 2 radical (unpaired) electrons. The highest BCUT2D eigenvalue weighted by atomic mass is 16.3. The fourth-order valence-corrected chi connectivity index (χ4v) is 4.35. The molecule has 1 fully saturated rings. The highest BCUT2D eigenvalue weighted by Crippen LogP contribution is 2.27. The fraction of sp³-hybridized carbons (Fsp3) is 0.360. The third kappa shape index (κ3) is 5.49. The van der Waals surface area contributed by atoms with Crippen molar-refractivity contribution in [2.75, 3.05) is 25.0 Å². The molecule has 0 spiro atoms. The molecule has 2 atom stereocenters. The SMILES string of the molecule is [B]c1ccc(-n2cc(C(=O)Nc3ccc(CN4CCCC(C(O)CO)C4)c(O)c3)c(C)n2)cc1. The normalized spacial score (nSPS) is 17.4. The van der Waals surface area contributed by atoms with E-state index in [0.717, 1.165) is 30.6 Å². The van der Waals surface area contributed by atoms with Crippen LogP contribution in [-0.4, -0.2) is 69.6 Å². The van der Waals surface area contributed by atoms with Crippen molar-refractivity contribution in [3.05, 3.63) is 65.5 Å². The summed E-state index contributed by atoms with van der Waals surface area (Å²) in [6, 6.07) is 12.3. The van der Waals surface area contributed by atoms with Gasteiger partial charge in [-0.2, -0.15) is 5.10 Å². The van der Waals surface area contributed by atoms with Crippen molar-refractivity contribution in [1.82, 2.24) is 14.7 Å². The molecule has 0 bridgehead atoms. The molecular formula is C25H29BN4O4. The summed E-state index contributed by atoms with van der Waals surface area (Å²) in [5.74, 6) is -0.197. The molecule has 3 aromatic rings. The number of anilines is 1. The van der Waals surface area contributed by atoms with Gasteiger partial charge >= 0.3 is 0 Å². The first-order valence-corrected chi connectivity index (χ1v) is 11.4. The molecule has 0 aliphatic carbocycles. The lowest BCUT2D eigenvalue weighted by molar-refractivity contribution is 0.0108. The van der Waals surface area contributed by atoms with E-state index in [1.165, 1.54) is 6.07 Å². The second kappa shape index (κ2) is 10.4. The molecule has 2 unspecified atom stereocenters. The number of nitrogens with one attached hydrogen (secondary N) is 1. The molecular weight excluding hydrogens is 431 g/mol. The van der Waals surface area contributed by atoms with Crippen LogP contribution in [0.15, 0.2) is 48.7 Å². The summed E-state index contributed by atoms with van der Waals surface area (Å²) in [6.07, 6.45) is 2.75. The van der Waals surface area contributed by atoms with Gasteiger partial charge < -0.3 is 20.6 Å². The smallest absolute Gasteiger partial charge is 0.259 e. The zero-order chi connectivity index (χ0) is 24.2. The zero-order valence-corrected chi connectivity index (χ0v) is 19.2. The predicted molar refractivity (Wildman–Crippen MR) is 131 cm³/mol. The largest absolute Gasteiger partial charge is 0.508 e. The van der Waals surface area contributed by atoms with Crippen molar-refractivity contribution in [3.8, 4) is 11.4 Å². The molecule has 2 heterocycles. The molecule has 4 N–H and O–H groups in total. The molecule has 1 amide bonds. The first-order valence-electron chi connectivity index (χ1n) is 11.4. The van der Waals surface area contributed by atoms with Crippen LogP contribution in [0.4, 0.5) is 5.69 Å². The number of aromatic hydroxyl groups is 1. The summed E-state index contributed by atoms with van der Waals surface area (Å²) in [6.45, 7) is 3.59. The molecule has 4 rings (SSSR count). The number of hydrogen-bond acceptors (Lipinski definition) is 6. The monoisotopic (exact) mass is 460 g/mol. The van der Waals surface area contributed by atoms with Crippen molar-refractivity contribution in [3.63, 3.8) is 0 Å². The van der Waals surface area contributed by atoms with E-state index in [0.29, 0.717) is 35.5 Å². The maximum Gasteiger partial charge on any atom is 0.259 e. The van der Waals surface area contributed by atoms with Gasteiger partial charge in [0.25, 0.3) is 5.91 Å². The Bertz CT molecular complexity index is 1150. The average molecular weight is 460 g/mol. The topological polar surface area (TPSA) is 111 Å². The number of phenolic OH excluding ortho intramolecular Hbond substituents is 1. The number of likely N-dealkylation sites (tertiary alicyclic amines) is 1. The summed E-state index contributed by atoms with van der Waals surface area (Å²) < 4.78 is 1.63. The minimum atomic E-state index is -0.721. The van der Waals surface area contributed by atoms with Crippen LogP contribution in [0.25, 0.3) is 5.69 Å². The molecule has 1 aromatic heterocycles. The van der Waals surface area contributed by atoms with E-state index in [4.69, 9.17) is 7.85 Å². The number of nitrogens with zero attached hydrogens (tertiary/aromatic N) is 3. The zero-order valence-electron chi connectivity index (χ0n) is 19.2. The average Bonchev–Trinajstić information content (AvgIpc) is 3.22. The van der Waals surface area contributed by atoms with E-state index in [1.807, 2.05) is 12.1 Å². The summed E-state index contributed by atoms with van der Waals surface area (Å²) in [7, 11) is 5.74. The molecule has 1 aliphatic heterocycles. The third-order valence-corrected chi connectivity index (χ3v) is 6.31. The van der Waals surface area contributed by atoms with Gasteiger partial charge in [-0.15, -0.1) is 0 Å². The van der Waals surface area contributed by atoms with Crippen molar-refractivity contribution in [2.24, 2.45) is 5.92 Å². The highest BCUT2D eigenvalue weighted by molar-refractivity contribution is 6.32. The number of carbonyl (C=O) groups excluding carboxylic acids is 1. The number of aryl methyl sites for hydroxylation is 1. The molecule has 0 saturated carbocycles. The van der Waals surface area contributed by atoms with E-state index in [9.17, 15) is 20.1 Å². The number of amides is 1. The van der Waals surface area contributed by atoms with E-state index < -0.39 is 6.10 Å². The van der Waals surface area contributed by atoms with Crippen molar-refractivity contribution < 1.29 is 20.1 Å². The van der Waals surface area contributed by atoms with Crippen LogP contribution in [-0.2, 0) is 6.54 Å². The molecule has 8 nitrogen and oxygen atoms in total. The van der Waals surface area contributed by atoms with Crippen LogP contribution >= 0.6 is 0 Å². The van der Waals surface area contributed by atoms with Gasteiger partial charge in [0.15, 0.2) is 0 Å². The van der Waals surface area contributed by atoms with Gasteiger partial charge in [-0.25, -0.2) is 4.68 Å². The summed E-state index contributed by atoms with van der Waals surface area (Å²) >= 11 is 0. The van der Waals surface area contributed by atoms with Gasteiger partial charge in [-0.05, 0) is 50.4 Å². The lowest BCUT2D eigenvalue weighted by Crippen LogP contribution is -2.41. The number of aromatic nitrogens is 2. The Hall–Kier alpha value is -3.14. The number of benzene rings is 2. The minimum Gasteiger partial charge on any atom is -0.508 e. The second-order valence-corrected chi connectivity index (χ2v) is 8.85. The van der Waals surface area contributed by atoms with Crippen LogP contribution in [0.3, 0.4) is 0 Å². The molecule has 1 saturated heterocycles. The fourth-order valence-electron chi connectivity index (χ4n) is 4.35. The number of rotatable bonds is 7. The van der Waals surface area contributed by atoms with Crippen LogP contribution in [0.1, 0.15) is 34.5 Å². The Labute approximate surface area is 200 Å². The number of phenols is 1. The lowest BCUT2D eigenvalue weighted by atomic mass is 9.92. The van der Waals surface area contributed by atoms with Gasteiger partial charge in [-0.3, -0.25) is 9.69 Å². The van der Waals surface area contributed by atoms with Crippen molar-refractivity contribution in [2.45, 2.75) is 32.4 Å². The molecule has 34 heavy (non-hydrogen) atoms. The second-order valence-electron chi connectivity index (χ2n) is 8.85. The van der Waals surface area contributed by atoms with Gasteiger partial charge in [0.2, 0.25) is 0 Å². The standard InChI is InChI=1S/C25H29BN4O4/c1-16-22(14-30(28-16)21-8-5-19(26)6-9-21)25(34)27-20-7-4-18(23(32)11-20)13-29-10-2-3-17(12-29)24(33)15-31/h4-9,11,14,17,24,31-33H,2-3,10,12-13,15H2,1H3,(H,27,34). The maximum atomic E-state index is 12.9. The molecule has 9 heteroatoms. The van der Waals surface area contributed by atoms with Gasteiger partial charge in [0.1, 0.15) is 13.6 Å². The number of aliphatic hydroxyl groups excluding tert-OH is 2. The van der Waals surface area contributed by atoms with Crippen LogP contribution in [0.2, 0.25) is 0 Å². The Morgan fingerprint density at radius 3 is 2.74 bits per heavy atom. The quantitative estimate of drug-likeness (QED) is 0.398. The summed E-state index contributed by atoms with van der Waals surface area (Å²) in [5.41, 5.74) is 3.69. The van der Waals surface area contributed by atoms with Crippen molar-refractivity contribution in [1.29, 1.82) is 0 Å². The first kappa shape index (κ1) is 24.0. The summed E-state index contributed by atoms with van der Waals surface area (Å²) in [5, 5.41) is 37.0. The van der Waals surface area contributed by atoms with E-state index in [1.54, 1.807) is 42.1 Å². The maximum absolute atomic E-state index is 12.9. The third-order valence-electron chi connectivity index (χ3n) is 6.31. The Morgan fingerprint density at radius 1 is 1.26 bits per heavy atom. The van der Waals surface area contributed by atoms with Crippen LogP contribution < -0.4 is 10.8 Å². The summed E-state index contributed by atoms with van der Waals surface area (Å²) in [4.78, 5) is 15.0. The Kier molecular flexibility index (Phi) is 7.36. The van der Waals surface area contributed by atoms with Gasteiger partial charge in [-0.1, -0.05) is 23.7 Å². The highest BCUT2D eigenvalue weighted by Gasteiger charge is 2.26. The molecule has 2 aromatic carbocycles. The van der Waals surface area contributed by atoms with E-state index in [2.05, 4.69) is 15.3 Å². The predicted octanol–water partition coefficient (Wildman–Crippen LogP) is 1.50. The van der Waals surface area contributed by atoms with Crippen molar-refractivity contribution >= 4 is 24.9 Å². The van der Waals surface area contributed by atoms with Gasteiger partial charge in [0, 0.05) is 36.6 Å². The number of carbonyl (C=O) groups is 1. The molecule has 1 aliphatic rings. The number of hydrogen-bond donors (Lipinski definition) is 4. The van der Waals surface area contributed by atoms with E-state index >= 15 is 0 Å². The first-order chi connectivity index (χ1) is 16.3.